The Morgan fingerprint density at radius 2 is 1.78 bits per heavy atom. The van der Waals surface area contributed by atoms with E-state index in [0.717, 1.165) is 12.0 Å². The average molecular weight is 323 g/mol. The van der Waals surface area contributed by atoms with E-state index < -0.39 is 23.9 Å². The number of hydrogen-bond donors (Lipinski definition) is 0. The van der Waals surface area contributed by atoms with E-state index in [1.807, 2.05) is 54.5 Å². The molecule has 5 nitrogen and oxygen atoms in total. The Morgan fingerprint density at radius 1 is 1.26 bits per heavy atom. The highest BCUT2D eigenvalue weighted by atomic mass is 16.7. The van der Waals surface area contributed by atoms with Crippen LogP contribution in [0, 0.1) is 5.92 Å². The van der Waals surface area contributed by atoms with Gasteiger partial charge >= 0.3 is 13.2 Å². The first-order chi connectivity index (χ1) is 10.3. The number of allylic oxidation sites excluding steroid dienone is 1. The number of ether oxygens (including phenoxy) is 1. The molecule has 2 aliphatic heterocycles. The van der Waals surface area contributed by atoms with Crippen molar-refractivity contribution in [3.63, 3.8) is 0 Å². The first-order valence-electron chi connectivity index (χ1n) is 8.38. The fourth-order valence-corrected chi connectivity index (χ4v) is 2.61. The van der Waals surface area contributed by atoms with Crippen LogP contribution in [0.25, 0.3) is 0 Å². The molecule has 2 rings (SSSR count). The highest BCUT2D eigenvalue weighted by Crippen LogP contribution is 2.40. The molecule has 6 heteroatoms. The van der Waals surface area contributed by atoms with E-state index in [-0.39, 0.29) is 6.09 Å². The smallest absolute Gasteiger partial charge is 0.443 e. The zero-order valence-electron chi connectivity index (χ0n) is 15.7. The number of amides is 1. The topological polar surface area (TPSA) is 48.0 Å². The third-order valence-corrected chi connectivity index (χ3v) is 4.64. The minimum Gasteiger partial charge on any atom is -0.443 e. The maximum absolute atomic E-state index is 12.6. The fraction of sp³-hybridized carbons (Fsp3) is 0.824. The van der Waals surface area contributed by atoms with Crippen LogP contribution in [0.2, 0.25) is 0 Å². The van der Waals surface area contributed by atoms with Gasteiger partial charge in [0.25, 0.3) is 0 Å². The Balaban J connectivity index is 2.23. The lowest BCUT2D eigenvalue weighted by Crippen LogP contribution is -2.45. The normalized spacial score (nSPS) is 27.0. The minimum absolute atomic E-state index is 0.343. The van der Waals surface area contributed by atoms with Crippen molar-refractivity contribution in [3.8, 4) is 0 Å². The molecule has 0 aromatic heterocycles. The lowest BCUT2D eigenvalue weighted by Gasteiger charge is -2.34. The standard InChI is InChI=1S/C17H30BNO4/c1-12-9-10-13(18-22-16(5,6)17(7,8)23-18)19(11-12)14(20)21-15(2,3)4/h10,12H,9,11H2,1-8H3. The highest BCUT2D eigenvalue weighted by Gasteiger charge is 2.54. The lowest BCUT2D eigenvalue weighted by atomic mass is 9.79. The molecule has 1 saturated heterocycles. The van der Waals surface area contributed by atoms with E-state index >= 15 is 0 Å². The predicted molar refractivity (Wildman–Crippen MR) is 90.9 cm³/mol. The molecule has 1 amide bonds. The first kappa shape index (κ1) is 18.3. The summed E-state index contributed by atoms with van der Waals surface area (Å²) in [6, 6.07) is 0. The van der Waals surface area contributed by atoms with Crippen molar-refractivity contribution in [1.82, 2.24) is 4.90 Å². The number of carbonyl (C=O) groups is 1. The Hall–Kier alpha value is -1.01. The van der Waals surface area contributed by atoms with Crippen LogP contribution in [0.4, 0.5) is 4.79 Å². The van der Waals surface area contributed by atoms with Crippen molar-refractivity contribution < 1.29 is 18.8 Å². The van der Waals surface area contributed by atoms with Gasteiger partial charge in [-0.3, -0.25) is 4.90 Å². The van der Waals surface area contributed by atoms with E-state index in [1.165, 1.54) is 0 Å². The van der Waals surface area contributed by atoms with Crippen molar-refractivity contribution >= 4 is 13.2 Å². The van der Waals surface area contributed by atoms with Crippen molar-refractivity contribution in [1.29, 1.82) is 0 Å². The summed E-state index contributed by atoms with van der Waals surface area (Å²) < 4.78 is 17.8. The first-order valence-corrected chi connectivity index (χ1v) is 8.38. The van der Waals surface area contributed by atoms with E-state index in [4.69, 9.17) is 14.0 Å². The SMILES string of the molecule is CC1CC=C(B2OC(C)(C)C(C)(C)O2)N(C(=O)OC(C)(C)C)C1. The number of hydrogen-bond acceptors (Lipinski definition) is 4. The molecule has 2 heterocycles. The molecule has 2 aliphatic rings. The van der Waals surface area contributed by atoms with E-state index in [2.05, 4.69) is 6.92 Å². The summed E-state index contributed by atoms with van der Waals surface area (Å²) in [7, 11) is -0.542. The van der Waals surface area contributed by atoms with Crippen molar-refractivity contribution in [2.45, 2.75) is 78.6 Å². The summed E-state index contributed by atoms with van der Waals surface area (Å²) >= 11 is 0. The molecule has 1 atom stereocenters. The molecule has 0 spiro atoms. The lowest BCUT2D eigenvalue weighted by molar-refractivity contribution is 0.00578. The molecule has 1 unspecified atom stereocenters. The van der Waals surface area contributed by atoms with Gasteiger partial charge < -0.3 is 14.0 Å². The van der Waals surface area contributed by atoms with Crippen LogP contribution in [0.1, 0.15) is 61.8 Å². The van der Waals surface area contributed by atoms with Crippen molar-refractivity contribution in [3.05, 3.63) is 11.7 Å². The predicted octanol–water partition coefficient (Wildman–Crippen LogP) is 3.78. The molecule has 0 aromatic rings. The van der Waals surface area contributed by atoms with Crippen LogP contribution >= 0.6 is 0 Å². The van der Waals surface area contributed by atoms with Crippen LogP contribution in [0.3, 0.4) is 0 Å². The number of carbonyl (C=O) groups excluding carboxylic acids is 1. The van der Waals surface area contributed by atoms with Gasteiger partial charge in [0.1, 0.15) is 5.60 Å². The van der Waals surface area contributed by atoms with Crippen LogP contribution in [-0.2, 0) is 14.0 Å². The second-order valence-electron chi connectivity index (χ2n) is 8.65. The summed E-state index contributed by atoms with van der Waals surface area (Å²) in [5, 5.41) is 0. The van der Waals surface area contributed by atoms with Gasteiger partial charge in [-0.05, 0) is 60.8 Å². The second kappa shape index (κ2) is 5.81. The molecule has 130 valence electrons. The van der Waals surface area contributed by atoms with E-state index in [0.29, 0.717) is 12.5 Å². The molecule has 0 N–H and O–H groups in total. The zero-order valence-corrected chi connectivity index (χ0v) is 15.7. The number of rotatable bonds is 1. The van der Waals surface area contributed by atoms with Gasteiger partial charge in [-0.2, -0.15) is 0 Å². The van der Waals surface area contributed by atoms with Crippen LogP contribution < -0.4 is 0 Å². The van der Waals surface area contributed by atoms with E-state index in [1.54, 1.807) is 4.90 Å². The monoisotopic (exact) mass is 323 g/mol. The van der Waals surface area contributed by atoms with Gasteiger partial charge in [0, 0.05) is 6.54 Å². The maximum Gasteiger partial charge on any atom is 0.512 e. The molecule has 0 bridgehead atoms. The molecule has 23 heavy (non-hydrogen) atoms. The summed E-state index contributed by atoms with van der Waals surface area (Å²) in [6.45, 7) is 16.4. The third kappa shape index (κ3) is 3.91. The second-order valence-corrected chi connectivity index (χ2v) is 8.65. The Bertz CT molecular complexity index is 491. The van der Waals surface area contributed by atoms with Crippen LogP contribution in [0.15, 0.2) is 11.7 Å². The summed E-state index contributed by atoms with van der Waals surface area (Å²) in [5.74, 6) is 0.383. The largest absolute Gasteiger partial charge is 0.512 e. The summed E-state index contributed by atoms with van der Waals surface area (Å²) in [4.78, 5) is 14.3. The molecule has 0 aliphatic carbocycles. The minimum atomic E-state index is -0.542. The molecule has 0 saturated carbocycles. The van der Waals surface area contributed by atoms with Crippen LogP contribution in [-0.4, -0.2) is 41.5 Å². The number of nitrogens with zero attached hydrogens (tertiary/aromatic N) is 1. The van der Waals surface area contributed by atoms with E-state index in [9.17, 15) is 4.79 Å². The summed E-state index contributed by atoms with van der Waals surface area (Å²) in [5.41, 5.74) is -0.628. The average Bonchev–Trinajstić information content (AvgIpc) is 2.56. The van der Waals surface area contributed by atoms with Crippen molar-refractivity contribution in [2.24, 2.45) is 5.92 Å². The van der Waals surface area contributed by atoms with Gasteiger partial charge in [0.15, 0.2) is 0 Å². The molecular weight excluding hydrogens is 293 g/mol. The van der Waals surface area contributed by atoms with Gasteiger partial charge in [0.05, 0.1) is 16.8 Å². The quantitative estimate of drug-likeness (QED) is 0.689. The maximum atomic E-state index is 12.6. The summed E-state index contributed by atoms with van der Waals surface area (Å²) in [6.07, 6.45) is 2.60. The Labute approximate surface area is 140 Å². The van der Waals surface area contributed by atoms with Gasteiger partial charge in [-0.25, -0.2) is 4.79 Å². The van der Waals surface area contributed by atoms with Gasteiger partial charge in [-0.1, -0.05) is 13.0 Å². The molecule has 1 fully saturated rings. The molecule has 0 radical (unpaired) electrons. The molecule has 0 aromatic carbocycles. The van der Waals surface area contributed by atoms with Crippen molar-refractivity contribution in [2.75, 3.05) is 6.54 Å². The zero-order chi connectivity index (χ0) is 17.6. The third-order valence-electron chi connectivity index (χ3n) is 4.64. The Kier molecular flexibility index (Phi) is 4.64. The fourth-order valence-electron chi connectivity index (χ4n) is 2.61. The molecular formula is C17H30BNO4. The van der Waals surface area contributed by atoms with Crippen LogP contribution in [0.5, 0.6) is 0 Å². The Morgan fingerprint density at radius 3 is 2.26 bits per heavy atom. The van der Waals surface area contributed by atoms with Gasteiger partial charge in [0.2, 0.25) is 0 Å². The highest BCUT2D eigenvalue weighted by molar-refractivity contribution is 6.54. The van der Waals surface area contributed by atoms with Gasteiger partial charge in [-0.15, -0.1) is 0 Å².